The Kier molecular flexibility index (Phi) is 6.72. The second-order valence-electron chi connectivity index (χ2n) is 7.02. The summed E-state index contributed by atoms with van der Waals surface area (Å²) in [6.07, 6.45) is 7.46. The highest BCUT2D eigenvalue weighted by Crippen LogP contribution is 2.36. The zero-order valence-electron chi connectivity index (χ0n) is 13.0. The van der Waals surface area contributed by atoms with Crippen LogP contribution in [-0.4, -0.2) is 19.0 Å². The number of nitrogens with one attached hydrogen (secondary N) is 1. The van der Waals surface area contributed by atoms with Crippen LogP contribution in [0.4, 0.5) is 8.78 Å². The van der Waals surface area contributed by atoms with Gasteiger partial charge in [0.1, 0.15) is 0 Å². The van der Waals surface area contributed by atoms with Gasteiger partial charge in [-0.3, -0.25) is 0 Å². The third kappa shape index (κ3) is 6.69. The molecule has 1 N–H and O–H groups in total. The fourth-order valence-corrected chi connectivity index (χ4v) is 3.31. The highest BCUT2D eigenvalue weighted by Gasteiger charge is 2.44. The fourth-order valence-electron chi connectivity index (χ4n) is 3.31. The summed E-state index contributed by atoms with van der Waals surface area (Å²) in [6, 6.07) is 0.0602. The Morgan fingerprint density at radius 1 is 1.21 bits per heavy atom. The zero-order valence-corrected chi connectivity index (χ0v) is 13.0. The van der Waals surface area contributed by atoms with Crippen LogP contribution in [0.25, 0.3) is 0 Å². The minimum Gasteiger partial charge on any atom is -0.317 e. The Morgan fingerprint density at radius 2 is 1.84 bits per heavy atom. The molecule has 0 aromatic heterocycles. The molecule has 2 rings (SSSR count). The van der Waals surface area contributed by atoms with E-state index in [4.69, 9.17) is 0 Å². The maximum atomic E-state index is 11.9. The zero-order chi connectivity index (χ0) is 14.5. The molecular weight excluding hydrogens is 244 g/mol. The van der Waals surface area contributed by atoms with Crippen LogP contribution in [0.15, 0.2) is 0 Å². The lowest BCUT2D eigenvalue weighted by Crippen LogP contribution is -2.46. The van der Waals surface area contributed by atoms with Crippen LogP contribution in [0, 0.1) is 17.8 Å². The molecule has 114 valence electrons. The van der Waals surface area contributed by atoms with Crippen molar-refractivity contribution in [1.29, 1.82) is 0 Å². The van der Waals surface area contributed by atoms with E-state index in [1.165, 1.54) is 32.1 Å². The Labute approximate surface area is 117 Å². The molecule has 19 heavy (non-hydrogen) atoms. The minimum absolute atomic E-state index is 0.0174. The molecule has 0 aliphatic heterocycles. The molecule has 0 amide bonds. The first-order valence-electron chi connectivity index (χ1n) is 7.87. The van der Waals surface area contributed by atoms with E-state index < -0.39 is 5.92 Å². The average molecular weight is 275 g/mol. The molecule has 2 aliphatic carbocycles. The lowest BCUT2D eigenvalue weighted by atomic mass is 9.79. The predicted molar refractivity (Wildman–Crippen MR) is 77.6 cm³/mol. The van der Waals surface area contributed by atoms with Gasteiger partial charge in [0, 0.05) is 18.9 Å². The van der Waals surface area contributed by atoms with Gasteiger partial charge in [-0.2, -0.15) is 0 Å². The van der Waals surface area contributed by atoms with Gasteiger partial charge in [-0.15, -0.1) is 0 Å². The number of alkyl halides is 2. The fraction of sp³-hybridized carbons (Fsp3) is 1.00. The van der Waals surface area contributed by atoms with Gasteiger partial charge in [0.2, 0.25) is 0 Å². The number of rotatable bonds is 3. The van der Waals surface area contributed by atoms with Crippen molar-refractivity contribution >= 4 is 0 Å². The van der Waals surface area contributed by atoms with E-state index in [0.29, 0.717) is 0 Å². The van der Waals surface area contributed by atoms with Crippen LogP contribution < -0.4 is 5.32 Å². The lowest BCUT2D eigenvalue weighted by Gasteiger charge is -2.34. The summed E-state index contributed by atoms with van der Waals surface area (Å²) in [4.78, 5) is 0. The second kappa shape index (κ2) is 7.56. The molecular formula is C16H31F2N. The summed E-state index contributed by atoms with van der Waals surface area (Å²) in [5, 5.41) is 2.78. The SMILES string of the molecule is CC(C)CC1CCCC(C)C1.CNC1CC(F)(F)C1. The quantitative estimate of drug-likeness (QED) is 0.775. The van der Waals surface area contributed by atoms with Crippen molar-refractivity contribution in [2.75, 3.05) is 7.05 Å². The second-order valence-corrected chi connectivity index (χ2v) is 7.02. The topological polar surface area (TPSA) is 12.0 Å². The van der Waals surface area contributed by atoms with Gasteiger partial charge in [0.05, 0.1) is 0 Å². The highest BCUT2D eigenvalue weighted by molar-refractivity contribution is 4.90. The van der Waals surface area contributed by atoms with Gasteiger partial charge in [0.15, 0.2) is 0 Å². The molecule has 0 bridgehead atoms. The van der Waals surface area contributed by atoms with E-state index in [1.807, 2.05) is 0 Å². The molecule has 2 saturated carbocycles. The molecule has 2 atom stereocenters. The third-order valence-electron chi connectivity index (χ3n) is 4.35. The number of hydrogen-bond acceptors (Lipinski definition) is 1. The van der Waals surface area contributed by atoms with Crippen molar-refractivity contribution in [1.82, 2.24) is 5.32 Å². The Bertz CT molecular complexity index is 243. The Hall–Kier alpha value is -0.180. The van der Waals surface area contributed by atoms with Crippen LogP contribution in [-0.2, 0) is 0 Å². The van der Waals surface area contributed by atoms with Crippen molar-refractivity contribution in [2.24, 2.45) is 17.8 Å². The Morgan fingerprint density at radius 3 is 2.21 bits per heavy atom. The molecule has 0 saturated heterocycles. The largest absolute Gasteiger partial charge is 0.317 e. The first kappa shape index (κ1) is 16.9. The molecule has 3 heteroatoms. The summed E-state index contributed by atoms with van der Waals surface area (Å²) in [7, 11) is 1.71. The first-order valence-corrected chi connectivity index (χ1v) is 7.87. The highest BCUT2D eigenvalue weighted by atomic mass is 19.3. The summed E-state index contributed by atoms with van der Waals surface area (Å²) in [5.41, 5.74) is 0. The molecule has 2 unspecified atom stereocenters. The van der Waals surface area contributed by atoms with Gasteiger partial charge in [-0.1, -0.05) is 40.0 Å². The van der Waals surface area contributed by atoms with Crippen LogP contribution in [0.3, 0.4) is 0 Å². The molecule has 0 radical (unpaired) electrons. The Balaban J connectivity index is 0.000000200. The average Bonchev–Trinajstić information content (AvgIpc) is 2.25. The van der Waals surface area contributed by atoms with Crippen LogP contribution in [0.2, 0.25) is 0 Å². The molecule has 2 fully saturated rings. The van der Waals surface area contributed by atoms with Gasteiger partial charge < -0.3 is 5.32 Å². The molecule has 0 aromatic rings. The number of hydrogen-bond donors (Lipinski definition) is 1. The van der Waals surface area contributed by atoms with Crippen molar-refractivity contribution < 1.29 is 8.78 Å². The van der Waals surface area contributed by atoms with Crippen LogP contribution >= 0.6 is 0 Å². The maximum Gasteiger partial charge on any atom is 0.251 e. The van der Waals surface area contributed by atoms with Gasteiger partial charge in [-0.25, -0.2) is 8.78 Å². The van der Waals surface area contributed by atoms with Crippen LogP contribution in [0.1, 0.15) is 65.7 Å². The van der Waals surface area contributed by atoms with Gasteiger partial charge >= 0.3 is 0 Å². The third-order valence-corrected chi connectivity index (χ3v) is 4.35. The molecule has 2 aliphatic rings. The molecule has 0 aromatic carbocycles. The molecule has 0 spiro atoms. The summed E-state index contributed by atoms with van der Waals surface area (Å²) >= 11 is 0. The van der Waals surface area contributed by atoms with E-state index in [2.05, 4.69) is 26.1 Å². The van der Waals surface area contributed by atoms with E-state index >= 15 is 0 Å². The van der Waals surface area contributed by atoms with E-state index in [1.54, 1.807) is 7.05 Å². The van der Waals surface area contributed by atoms with Crippen LogP contribution in [0.5, 0.6) is 0 Å². The first-order chi connectivity index (χ1) is 8.82. The van der Waals surface area contributed by atoms with E-state index in [9.17, 15) is 8.78 Å². The smallest absolute Gasteiger partial charge is 0.251 e. The summed E-state index contributed by atoms with van der Waals surface area (Å²) in [6.45, 7) is 7.10. The minimum atomic E-state index is -2.37. The standard InChI is InChI=1S/C11H22.C5H9F2N/c1-9(2)7-11-6-4-5-10(3)8-11;1-8-4-2-5(6,7)3-4/h9-11H,4-8H2,1-3H3;4,8H,2-3H2,1H3. The number of halogens is 2. The van der Waals surface area contributed by atoms with Gasteiger partial charge in [-0.05, 0) is 37.6 Å². The van der Waals surface area contributed by atoms with Crippen molar-refractivity contribution in [2.45, 2.75) is 77.7 Å². The van der Waals surface area contributed by atoms with E-state index in [-0.39, 0.29) is 18.9 Å². The van der Waals surface area contributed by atoms with Gasteiger partial charge in [0.25, 0.3) is 5.92 Å². The van der Waals surface area contributed by atoms with Crippen molar-refractivity contribution in [3.05, 3.63) is 0 Å². The summed E-state index contributed by atoms with van der Waals surface area (Å²) < 4.78 is 23.9. The molecule has 0 heterocycles. The van der Waals surface area contributed by atoms with Crippen molar-refractivity contribution in [3.8, 4) is 0 Å². The summed E-state index contributed by atoms with van der Waals surface area (Å²) in [5.74, 6) is 0.602. The predicted octanol–water partition coefficient (Wildman–Crippen LogP) is 4.86. The lowest BCUT2D eigenvalue weighted by molar-refractivity contribution is -0.0910. The normalized spacial score (nSPS) is 30.5. The van der Waals surface area contributed by atoms with E-state index in [0.717, 1.165) is 17.8 Å². The maximum absolute atomic E-state index is 11.9. The van der Waals surface area contributed by atoms with Crippen molar-refractivity contribution in [3.63, 3.8) is 0 Å². The molecule has 1 nitrogen and oxygen atoms in total. The monoisotopic (exact) mass is 275 g/mol.